The molecule has 0 N–H and O–H groups in total. The van der Waals surface area contributed by atoms with Gasteiger partial charge in [-0.2, -0.15) is 0 Å². The van der Waals surface area contributed by atoms with E-state index in [0.717, 1.165) is 11.5 Å². The summed E-state index contributed by atoms with van der Waals surface area (Å²) in [5, 5.41) is 0.977. The van der Waals surface area contributed by atoms with Crippen LogP contribution in [0.4, 0.5) is 0 Å². The summed E-state index contributed by atoms with van der Waals surface area (Å²) in [6, 6.07) is 0. The molecule has 0 aromatic rings. The largest absolute Gasteiger partial charge is 0.0892 e. The topological polar surface area (TPSA) is 0 Å². The number of hydrogen-bond donors (Lipinski definition) is 0. The van der Waals surface area contributed by atoms with Crippen LogP contribution in [-0.2, 0) is 0 Å². The van der Waals surface area contributed by atoms with Gasteiger partial charge in [-0.05, 0) is 31.8 Å². The fourth-order valence-electron chi connectivity index (χ4n) is 1.39. The van der Waals surface area contributed by atoms with E-state index < -0.39 is 0 Å². The summed E-state index contributed by atoms with van der Waals surface area (Å²) < 4.78 is 0. The Kier molecular flexibility index (Phi) is 5.67. The number of hydrogen-bond acceptors (Lipinski definition) is 0. The van der Waals surface area contributed by atoms with Crippen molar-refractivity contribution in [2.24, 2.45) is 0 Å². The Hall–Kier alpha value is -0.490. The molecule has 0 aliphatic heterocycles. The van der Waals surface area contributed by atoms with Gasteiger partial charge in [-0.25, -0.2) is 0 Å². The van der Waals surface area contributed by atoms with E-state index in [-0.39, 0.29) is 0 Å². The summed E-state index contributed by atoms with van der Waals surface area (Å²) in [6.45, 7) is 0. The van der Waals surface area contributed by atoms with E-state index >= 15 is 0 Å². The summed E-state index contributed by atoms with van der Waals surface area (Å²) in [7, 11) is 0. The summed E-state index contributed by atoms with van der Waals surface area (Å²) in [5.74, 6) is 0. The molecule has 0 spiro atoms. The van der Waals surface area contributed by atoms with Crippen LogP contribution in [-0.4, -0.2) is 0 Å². The molecule has 0 aromatic carbocycles. The van der Waals surface area contributed by atoms with E-state index in [2.05, 4.69) is 12.2 Å². The van der Waals surface area contributed by atoms with Crippen molar-refractivity contribution in [2.45, 2.75) is 38.5 Å². The summed E-state index contributed by atoms with van der Waals surface area (Å²) in [4.78, 5) is 0. The minimum absolute atomic E-state index is 0.977. The molecular weight excluding hydrogens is 180 g/mol. The summed E-state index contributed by atoms with van der Waals surface area (Å²) in [6.07, 6.45) is 17.8. The van der Waals surface area contributed by atoms with Crippen molar-refractivity contribution in [1.82, 2.24) is 0 Å². The molecule has 72 valence electrons. The highest BCUT2D eigenvalue weighted by Crippen LogP contribution is 2.14. The first-order valence-electron chi connectivity index (χ1n) is 5.07. The van der Waals surface area contributed by atoms with Crippen molar-refractivity contribution >= 4 is 11.6 Å². The Balaban J connectivity index is 2.45. The molecule has 0 atom stereocenters. The molecule has 1 aliphatic carbocycles. The molecule has 0 radical (unpaired) electrons. The molecule has 0 fully saturated rings. The predicted octanol–water partition coefficient (Wildman–Crippen LogP) is 4.58. The van der Waals surface area contributed by atoms with Gasteiger partial charge in [0.15, 0.2) is 0 Å². The maximum Gasteiger partial charge on any atom is 0.0181 e. The van der Waals surface area contributed by atoms with Gasteiger partial charge in [0.2, 0.25) is 0 Å². The van der Waals surface area contributed by atoms with Gasteiger partial charge in [0.05, 0.1) is 0 Å². The highest BCUT2D eigenvalue weighted by Gasteiger charge is 1.93. The zero-order valence-electron chi connectivity index (χ0n) is 8.01. The molecule has 0 amide bonds. The molecular formula is C12H17Cl. The van der Waals surface area contributed by atoms with Crippen LogP contribution in [0.5, 0.6) is 0 Å². The second kappa shape index (κ2) is 6.97. The maximum absolute atomic E-state index is 6.00. The van der Waals surface area contributed by atoms with Crippen molar-refractivity contribution < 1.29 is 0 Å². The van der Waals surface area contributed by atoms with Crippen molar-refractivity contribution in [3.8, 4) is 0 Å². The highest BCUT2D eigenvalue weighted by atomic mass is 35.5. The monoisotopic (exact) mass is 196 g/mol. The normalized spacial score (nSPS) is 29.2. The first-order valence-corrected chi connectivity index (χ1v) is 5.45. The smallest absolute Gasteiger partial charge is 0.0181 e. The third-order valence-electron chi connectivity index (χ3n) is 2.17. The van der Waals surface area contributed by atoms with Gasteiger partial charge in [-0.3, -0.25) is 0 Å². The molecule has 1 heteroatoms. The van der Waals surface area contributed by atoms with Crippen LogP contribution < -0.4 is 0 Å². The Morgan fingerprint density at radius 1 is 0.923 bits per heavy atom. The van der Waals surface area contributed by atoms with Crippen molar-refractivity contribution in [3.05, 3.63) is 35.4 Å². The average molecular weight is 197 g/mol. The fourth-order valence-corrected chi connectivity index (χ4v) is 1.60. The van der Waals surface area contributed by atoms with Crippen LogP contribution in [0.15, 0.2) is 35.4 Å². The second-order valence-corrected chi connectivity index (χ2v) is 3.86. The lowest BCUT2D eigenvalue weighted by Crippen LogP contribution is -1.79. The molecule has 0 aromatic heterocycles. The van der Waals surface area contributed by atoms with Gasteiger partial charge < -0.3 is 0 Å². The molecule has 0 saturated heterocycles. The summed E-state index contributed by atoms with van der Waals surface area (Å²) >= 11 is 6.00. The number of rotatable bonds is 0. The maximum atomic E-state index is 6.00. The van der Waals surface area contributed by atoms with E-state index in [9.17, 15) is 0 Å². The second-order valence-electron chi connectivity index (χ2n) is 3.38. The first-order chi connectivity index (χ1) is 6.39. The van der Waals surface area contributed by atoms with Crippen molar-refractivity contribution in [3.63, 3.8) is 0 Å². The van der Waals surface area contributed by atoms with Gasteiger partial charge in [-0.15, -0.1) is 0 Å². The molecule has 0 unspecified atom stereocenters. The lowest BCUT2D eigenvalue weighted by molar-refractivity contribution is 0.650. The van der Waals surface area contributed by atoms with E-state index in [1.165, 1.54) is 32.1 Å². The third-order valence-corrected chi connectivity index (χ3v) is 2.49. The van der Waals surface area contributed by atoms with E-state index in [4.69, 9.17) is 11.6 Å². The minimum atomic E-state index is 0.977. The van der Waals surface area contributed by atoms with Crippen LogP contribution in [0.2, 0.25) is 0 Å². The molecule has 13 heavy (non-hydrogen) atoms. The van der Waals surface area contributed by atoms with E-state index in [1.54, 1.807) is 0 Å². The van der Waals surface area contributed by atoms with E-state index in [1.807, 2.05) is 18.2 Å². The van der Waals surface area contributed by atoms with Crippen LogP contribution in [0.3, 0.4) is 0 Å². The summed E-state index contributed by atoms with van der Waals surface area (Å²) in [5.41, 5.74) is 0. The van der Waals surface area contributed by atoms with Crippen LogP contribution in [0.25, 0.3) is 0 Å². The van der Waals surface area contributed by atoms with Gasteiger partial charge in [0.1, 0.15) is 0 Å². The lowest BCUT2D eigenvalue weighted by Gasteiger charge is -1.99. The fraction of sp³-hybridized carbons (Fsp3) is 0.500. The Labute approximate surface area is 86.0 Å². The van der Waals surface area contributed by atoms with Gasteiger partial charge in [0.25, 0.3) is 0 Å². The van der Waals surface area contributed by atoms with Gasteiger partial charge in [0, 0.05) is 5.03 Å². The van der Waals surface area contributed by atoms with Crippen LogP contribution >= 0.6 is 11.6 Å². The standard InChI is InChI=1S/C12H17Cl/c13-12-10-8-6-4-2-1-3-5-7-9-11-12/h2,4,6,8,10H,1,3,5,7,9,11H2/b4-2-,8-6+,12-10+. The third kappa shape index (κ3) is 5.70. The molecule has 0 bridgehead atoms. The zero-order valence-corrected chi connectivity index (χ0v) is 8.76. The Morgan fingerprint density at radius 3 is 2.69 bits per heavy atom. The molecule has 0 nitrogen and oxygen atoms in total. The Bertz CT molecular complexity index is 211. The number of halogens is 1. The average Bonchev–Trinajstić information content (AvgIpc) is 2.11. The quantitative estimate of drug-likeness (QED) is 0.532. The SMILES string of the molecule is Cl/C1=C/C=C/C=C\CCCCCC1. The van der Waals surface area contributed by atoms with Gasteiger partial charge >= 0.3 is 0 Å². The molecule has 0 heterocycles. The number of allylic oxidation sites excluding steroid dienone is 6. The van der Waals surface area contributed by atoms with E-state index in [0.29, 0.717) is 0 Å². The molecule has 1 aliphatic rings. The first kappa shape index (κ1) is 10.6. The van der Waals surface area contributed by atoms with Crippen LogP contribution in [0, 0.1) is 0 Å². The van der Waals surface area contributed by atoms with Crippen LogP contribution in [0.1, 0.15) is 38.5 Å². The minimum Gasteiger partial charge on any atom is -0.0892 e. The molecule has 0 saturated carbocycles. The zero-order chi connectivity index (χ0) is 9.36. The van der Waals surface area contributed by atoms with Crippen molar-refractivity contribution in [2.75, 3.05) is 0 Å². The molecule has 1 rings (SSSR count). The van der Waals surface area contributed by atoms with Crippen molar-refractivity contribution in [1.29, 1.82) is 0 Å². The lowest BCUT2D eigenvalue weighted by atomic mass is 10.1. The predicted molar refractivity (Wildman–Crippen MR) is 59.9 cm³/mol. The van der Waals surface area contributed by atoms with Gasteiger partial charge in [-0.1, -0.05) is 48.7 Å². The Morgan fingerprint density at radius 2 is 1.77 bits per heavy atom. The highest BCUT2D eigenvalue weighted by molar-refractivity contribution is 6.29.